The van der Waals surface area contributed by atoms with Gasteiger partial charge in [0.1, 0.15) is 5.82 Å². The smallest absolute Gasteiger partial charge is 0.123 e. The maximum Gasteiger partial charge on any atom is 0.123 e. The Morgan fingerprint density at radius 1 is 1.50 bits per heavy atom. The number of rotatable bonds is 5. The summed E-state index contributed by atoms with van der Waals surface area (Å²) in [6.45, 7) is 2.17. The van der Waals surface area contributed by atoms with Crippen molar-refractivity contribution in [2.24, 2.45) is 5.73 Å². The minimum Gasteiger partial charge on any atom is -0.388 e. The molecule has 16 heavy (non-hydrogen) atoms. The maximum absolute atomic E-state index is 13.1. The highest BCUT2D eigenvalue weighted by molar-refractivity contribution is 9.10. The zero-order valence-corrected chi connectivity index (χ0v) is 10.9. The third kappa shape index (κ3) is 3.54. The summed E-state index contributed by atoms with van der Waals surface area (Å²) in [7, 11) is 0. The fourth-order valence-corrected chi connectivity index (χ4v) is 2.15. The van der Waals surface area contributed by atoms with E-state index < -0.39 is 5.60 Å². The van der Waals surface area contributed by atoms with Crippen molar-refractivity contribution in [3.8, 4) is 0 Å². The first kappa shape index (κ1) is 13.6. The van der Waals surface area contributed by atoms with E-state index in [1.165, 1.54) is 12.1 Å². The monoisotopic (exact) mass is 289 g/mol. The van der Waals surface area contributed by atoms with Gasteiger partial charge in [0.15, 0.2) is 0 Å². The van der Waals surface area contributed by atoms with Crippen molar-refractivity contribution >= 4 is 15.9 Å². The van der Waals surface area contributed by atoms with Crippen molar-refractivity contribution in [3.63, 3.8) is 0 Å². The van der Waals surface area contributed by atoms with Gasteiger partial charge in [0.2, 0.25) is 0 Å². The van der Waals surface area contributed by atoms with Gasteiger partial charge in [-0.15, -0.1) is 0 Å². The Labute approximate surface area is 104 Å². The molecule has 0 bridgehead atoms. The summed E-state index contributed by atoms with van der Waals surface area (Å²) in [5, 5.41) is 10.2. The summed E-state index contributed by atoms with van der Waals surface area (Å²) in [6, 6.07) is 4.46. The Hall–Kier alpha value is -0.450. The zero-order chi connectivity index (χ0) is 12.2. The highest BCUT2D eigenvalue weighted by Crippen LogP contribution is 2.24. The molecule has 0 aromatic heterocycles. The molecule has 1 rings (SSSR count). The number of benzene rings is 1. The lowest BCUT2D eigenvalue weighted by Gasteiger charge is -2.26. The fraction of sp³-hybridized carbons (Fsp3) is 0.500. The summed E-state index contributed by atoms with van der Waals surface area (Å²) in [6.07, 6.45) is 1.84. The second-order valence-corrected chi connectivity index (χ2v) is 4.95. The SMILES string of the molecule is CCCC(O)(CN)Cc1cc(F)ccc1Br. The summed E-state index contributed by atoms with van der Waals surface area (Å²) < 4.78 is 13.9. The number of hydrogen-bond donors (Lipinski definition) is 2. The summed E-state index contributed by atoms with van der Waals surface area (Å²) in [5.41, 5.74) is 5.38. The molecule has 0 fully saturated rings. The Bertz CT molecular complexity index is 359. The van der Waals surface area contributed by atoms with Crippen LogP contribution in [-0.4, -0.2) is 17.3 Å². The van der Waals surface area contributed by atoms with Crippen LogP contribution in [0.4, 0.5) is 4.39 Å². The lowest BCUT2D eigenvalue weighted by molar-refractivity contribution is 0.0397. The highest BCUT2D eigenvalue weighted by atomic mass is 79.9. The first-order chi connectivity index (χ1) is 7.50. The van der Waals surface area contributed by atoms with Gasteiger partial charge in [0, 0.05) is 17.4 Å². The van der Waals surface area contributed by atoms with E-state index in [2.05, 4.69) is 15.9 Å². The predicted molar refractivity (Wildman–Crippen MR) is 66.7 cm³/mol. The van der Waals surface area contributed by atoms with Crippen molar-refractivity contribution in [1.82, 2.24) is 0 Å². The molecule has 0 saturated carbocycles. The highest BCUT2D eigenvalue weighted by Gasteiger charge is 2.25. The Morgan fingerprint density at radius 3 is 2.75 bits per heavy atom. The third-order valence-electron chi connectivity index (χ3n) is 2.62. The van der Waals surface area contributed by atoms with Crippen molar-refractivity contribution in [3.05, 3.63) is 34.1 Å². The van der Waals surface area contributed by atoms with Crippen LogP contribution in [0.1, 0.15) is 25.3 Å². The molecule has 2 nitrogen and oxygen atoms in total. The molecule has 90 valence electrons. The molecule has 0 amide bonds. The van der Waals surface area contributed by atoms with Gasteiger partial charge in [-0.1, -0.05) is 29.3 Å². The fourth-order valence-electron chi connectivity index (χ4n) is 1.76. The molecule has 0 aliphatic heterocycles. The van der Waals surface area contributed by atoms with Crippen molar-refractivity contribution in [2.45, 2.75) is 31.8 Å². The Balaban J connectivity index is 2.89. The van der Waals surface area contributed by atoms with E-state index in [0.717, 1.165) is 16.5 Å². The lowest BCUT2D eigenvalue weighted by atomic mass is 9.90. The molecule has 0 aliphatic rings. The van der Waals surface area contributed by atoms with Crippen molar-refractivity contribution < 1.29 is 9.50 Å². The lowest BCUT2D eigenvalue weighted by Crippen LogP contribution is -2.39. The summed E-state index contributed by atoms with van der Waals surface area (Å²) in [5.74, 6) is -0.297. The van der Waals surface area contributed by atoms with Gasteiger partial charge >= 0.3 is 0 Å². The topological polar surface area (TPSA) is 46.2 Å². The summed E-state index contributed by atoms with van der Waals surface area (Å²) in [4.78, 5) is 0. The van der Waals surface area contributed by atoms with Crippen LogP contribution in [0, 0.1) is 5.82 Å². The molecule has 0 heterocycles. The summed E-state index contributed by atoms with van der Waals surface area (Å²) >= 11 is 3.34. The molecule has 0 saturated heterocycles. The van der Waals surface area contributed by atoms with Gasteiger partial charge in [-0.25, -0.2) is 4.39 Å². The molecular weight excluding hydrogens is 273 g/mol. The zero-order valence-electron chi connectivity index (χ0n) is 9.34. The Morgan fingerprint density at radius 2 is 2.19 bits per heavy atom. The molecule has 1 atom stereocenters. The molecule has 4 heteroatoms. The number of nitrogens with two attached hydrogens (primary N) is 1. The van der Waals surface area contributed by atoms with E-state index in [0.29, 0.717) is 12.8 Å². The molecule has 1 unspecified atom stereocenters. The predicted octanol–water partition coefficient (Wildman–Crippen LogP) is 2.62. The van der Waals surface area contributed by atoms with Crippen LogP contribution in [0.15, 0.2) is 22.7 Å². The van der Waals surface area contributed by atoms with E-state index in [-0.39, 0.29) is 12.4 Å². The number of aliphatic hydroxyl groups is 1. The second kappa shape index (κ2) is 5.75. The average molecular weight is 290 g/mol. The molecule has 1 aromatic carbocycles. The van der Waals surface area contributed by atoms with Gasteiger partial charge in [0.25, 0.3) is 0 Å². The van der Waals surface area contributed by atoms with Crippen molar-refractivity contribution in [1.29, 1.82) is 0 Å². The van der Waals surface area contributed by atoms with Crippen LogP contribution >= 0.6 is 15.9 Å². The van der Waals surface area contributed by atoms with E-state index >= 15 is 0 Å². The van der Waals surface area contributed by atoms with Crippen LogP contribution in [0.5, 0.6) is 0 Å². The van der Waals surface area contributed by atoms with Gasteiger partial charge in [-0.3, -0.25) is 0 Å². The molecular formula is C12H17BrFNO. The van der Waals surface area contributed by atoms with E-state index in [1.807, 2.05) is 6.92 Å². The maximum atomic E-state index is 13.1. The van der Waals surface area contributed by atoms with Crippen LogP contribution in [-0.2, 0) is 6.42 Å². The quantitative estimate of drug-likeness (QED) is 0.875. The third-order valence-corrected chi connectivity index (χ3v) is 3.40. The molecule has 3 N–H and O–H groups in total. The molecule has 0 spiro atoms. The molecule has 1 aromatic rings. The van der Waals surface area contributed by atoms with E-state index in [4.69, 9.17) is 5.73 Å². The minimum absolute atomic E-state index is 0.184. The van der Waals surface area contributed by atoms with Crippen LogP contribution in [0.3, 0.4) is 0 Å². The van der Waals surface area contributed by atoms with Crippen LogP contribution < -0.4 is 5.73 Å². The normalized spacial score (nSPS) is 14.8. The van der Waals surface area contributed by atoms with Gasteiger partial charge in [0.05, 0.1) is 5.60 Å². The van der Waals surface area contributed by atoms with Gasteiger partial charge in [-0.05, 0) is 30.2 Å². The van der Waals surface area contributed by atoms with Crippen LogP contribution in [0.2, 0.25) is 0 Å². The number of hydrogen-bond acceptors (Lipinski definition) is 2. The van der Waals surface area contributed by atoms with E-state index in [1.54, 1.807) is 6.07 Å². The van der Waals surface area contributed by atoms with E-state index in [9.17, 15) is 9.50 Å². The first-order valence-corrected chi connectivity index (χ1v) is 6.16. The first-order valence-electron chi connectivity index (χ1n) is 5.37. The van der Waals surface area contributed by atoms with Crippen molar-refractivity contribution in [2.75, 3.05) is 6.54 Å². The minimum atomic E-state index is -0.939. The van der Waals surface area contributed by atoms with Gasteiger partial charge in [-0.2, -0.15) is 0 Å². The number of halogens is 2. The standard InChI is InChI=1S/C12H17BrFNO/c1-2-5-12(16,8-15)7-9-6-10(14)3-4-11(9)13/h3-4,6,16H,2,5,7-8,15H2,1H3. The van der Waals surface area contributed by atoms with Crippen LogP contribution in [0.25, 0.3) is 0 Å². The Kier molecular flexibility index (Phi) is 4.89. The second-order valence-electron chi connectivity index (χ2n) is 4.09. The average Bonchev–Trinajstić information content (AvgIpc) is 2.24. The largest absolute Gasteiger partial charge is 0.388 e. The van der Waals surface area contributed by atoms with Gasteiger partial charge < -0.3 is 10.8 Å². The molecule has 0 aliphatic carbocycles. The molecule has 0 radical (unpaired) electrons.